The number of carbonyl (C=O) groups is 1. The number of nitrogens with one attached hydrogen (secondary N) is 2. The van der Waals surface area contributed by atoms with E-state index in [-0.39, 0.29) is 34.9 Å². The fraction of sp³-hybridized carbons (Fsp3) is 0.469. The molecule has 1 heterocycles. The van der Waals surface area contributed by atoms with Gasteiger partial charge in [-0.25, -0.2) is 22.9 Å². The molecule has 11 heteroatoms. The molecule has 0 amide bonds. The monoisotopic (exact) mass is 608 g/mol. The Morgan fingerprint density at radius 2 is 1.77 bits per heavy atom. The number of aliphatic hydroxyl groups is 1. The summed E-state index contributed by atoms with van der Waals surface area (Å²) in [5.74, 6) is -1.22. The number of nitrogens with zero attached hydrogens (tertiary/aromatic N) is 2. The van der Waals surface area contributed by atoms with E-state index in [1.165, 1.54) is 31.0 Å². The number of hydrogen-bond acceptors (Lipinski definition) is 8. The van der Waals surface area contributed by atoms with Crippen LogP contribution >= 0.6 is 0 Å². The molecular weight excluding hydrogens is 568 g/mol. The quantitative estimate of drug-likeness (QED) is 0.208. The van der Waals surface area contributed by atoms with Crippen molar-refractivity contribution in [3.05, 3.63) is 65.2 Å². The van der Waals surface area contributed by atoms with Gasteiger partial charge in [0.15, 0.2) is 0 Å². The van der Waals surface area contributed by atoms with Gasteiger partial charge in [-0.15, -0.1) is 0 Å². The maximum atomic E-state index is 13.3. The van der Waals surface area contributed by atoms with Crippen LogP contribution in [-0.2, 0) is 10.0 Å². The van der Waals surface area contributed by atoms with Crippen LogP contribution < -0.4 is 14.8 Å². The number of ether oxygens (including phenoxy) is 1. The minimum atomic E-state index is -4.21. The van der Waals surface area contributed by atoms with Gasteiger partial charge >= 0.3 is 5.97 Å². The van der Waals surface area contributed by atoms with Crippen LogP contribution in [0.25, 0.3) is 11.3 Å². The standard InChI is InChI=1S/C32H40N4O6S/c1-20-7-5-8-21(2)28(20)26-16-27(35-30(34-26)36-43(40,41)25-10-6-9-22(15-25)29(37)38)42-19-23(11-12-31(3,4)39)33-24-17-32(18-24)13-14-32/h5-10,15-16,23-24,33,39H,11-14,17-19H2,1-4H3,(H,37,38)(H,34,35,36). The smallest absolute Gasteiger partial charge is 0.335 e. The van der Waals surface area contributed by atoms with Crippen molar-refractivity contribution in [2.75, 3.05) is 11.3 Å². The molecule has 0 bridgehead atoms. The first kappa shape index (κ1) is 30.9. The third kappa shape index (κ3) is 7.70. The Labute approximate surface area is 253 Å². The first-order chi connectivity index (χ1) is 20.2. The van der Waals surface area contributed by atoms with E-state index in [0.29, 0.717) is 30.0 Å². The number of aromatic nitrogens is 2. The lowest BCUT2D eigenvalue weighted by atomic mass is 9.76. The molecule has 2 saturated carbocycles. The van der Waals surface area contributed by atoms with E-state index in [0.717, 1.165) is 35.6 Å². The van der Waals surface area contributed by atoms with Gasteiger partial charge in [0.2, 0.25) is 11.8 Å². The molecule has 0 aliphatic heterocycles. The molecule has 3 aromatic rings. The van der Waals surface area contributed by atoms with E-state index in [4.69, 9.17) is 4.74 Å². The van der Waals surface area contributed by atoms with E-state index in [1.54, 1.807) is 19.9 Å². The minimum absolute atomic E-state index is 0.0370. The number of aryl methyl sites for hydroxylation is 2. The summed E-state index contributed by atoms with van der Waals surface area (Å²) in [6.45, 7) is 7.76. The van der Waals surface area contributed by atoms with Crippen LogP contribution in [-0.4, -0.2) is 58.9 Å². The van der Waals surface area contributed by atoms with Crippen LogP contribution in [0.4, 0.5) is 5.95 Å². The van der Waals surface area contributed by atoms with Gasteiger partial charge in [-0.1, -0.05) is 24.3 Å². The number of benzene rings is 2. The maximum absolute atomic E-state index is 13.3. The largest absolute Gasteiger partial charge is 0.478 e. The molecule has 5 rings (SSSR count). The first-order valence-electron chi connectivity index (χ1n) is 14.7. The zero-order chi connectivity index (χ0) is 31.0. The third-order valence-electron chi connectivity index (χ3n) is 8.38. The molecule has 2 aromatic carbocycles. The Bertz CT molecular complexity index is 1590. The van der Waals surface area contributed by atoms with E-state index >= 15 is 0 Å². The molecule has 2 fully saturated rings. The Kier molecular flexibility index (Phi) is 8.52. The van der Waals surface area contributed by atoms with E-state index in [1.807, 2.05) is 32.0 Å². The van der Waals surface area contributed by atoms with Crippen molar-refractivity contribution in [2.24, 2.45) is 5.41 Å². The third-order valence-corrected chi connectivity index (χ3v) is 9.71. The van der Waals surface area contributed by atoms with Crippen molar-refractivity contribution in [2.45, 2.75) is 88.8 Å². The predicted molar refractivity (Wildman–Crippen MR) is 164 cm³/mol. The number of aromatic carboxylic acids is 1. The first-order valence-corrected chi connectivity index (χ1v) is 16.1. The van der Waals surface area contributed by atoms with Gasteiger partial charge < -0.3 is 20.3 Å². The molecule has 1 aromatic heterocycles. The van der Waals surface area contributed by atoms with Crippen LogP contribution in [0.1, 0.15) is 73.9 Å². The lowest BCUT2D eigenvalue weighted by Gasteiger charge is -2.39. The Hall–Kier alpha value is -3.54. The summed E-state index contributed by atoms with van der Waals surface area (Å²) in [7, 11) is -4.21. The molecule has 43 heavy (non-hydrogen) atoms. The summed E-state index contributed by atoms with van der Waals surface area (Å²) in [5, 5.41) is 23.4. The average Bonchev–Trinajstić information content (AvgIpc) is 3.70. The summed E-state index contributed by atoms with van der Waals surface area (Å²) in [6, 6.07) is 13.0. The van der Waals surface area contributed by atoms with Gasteiger partial charge in [-0.3, -0.25) is 0 Å². The van der Waals surface area contributed by atoms with Crippen molar-refractivity contribution >= 4 is 21.9 Å². The van der Waals surface area contributed by atoms with Gasteiger partial charge in [-0.05, 0) is 101 Å². The number of hydrogen-bond donors (Lipinski definition) is 4. The molecule has 230 valence electrons. The Balaban J connectivity index is 1.42. The number of anilines is 1. The fourth-order valence-corrected chi connectivity index (χ4v) is 6.81. The topological polar surface area (TPSA) is 151 Å². The van der Waals surface area contributed by atoms with Gasteiger partial charge in [0.25, 0.3) is 10.0 Å². The zero-order valence-corrected chi connectivity index (χ0v) is 25.9. The lowest BCUT2D eigenvalue weighted by Crippen LogP contribution is -2.49. The van der Waals surface area contributed by atoms with Gasteiger partial charge in [-0.2, -0.15) is 4.98 Å². The van der Waals surface area contributed by atoms with E-state index < -0.39 is 21.6 Å². The van der Waals surface area contributed by atoms with Gasteiger partial charge in [0.05, 0.1) is 21.8 Å². The lowest BCUT2D eigenvalue weighted by molar-refractivity contribution is 0.0594. The van der Waals surface area contributed by atoms with E-state index in [9.17, 15) is 23.4 Å². The van der Waals surface area contributed by atoms with Gasteiger partial charge in [0, 0.05) is 23.7 Å². The fourth-order valence-electron chi connectivity index (χ4n) is 5.82. The number of carboxylic acid groups (broad SMARTS) is 1. The van der Waals surface area contributed by atoms with Crippen LogP contribution in [0.5, 0.6) is 5.88 Å². The van der Waals surface area contributed by atoms with Crippen molar-refractivity contribution < 1.29 is 28.2 Å². The summed E-state index contributed by atoms with van der Waals surface area (Å²) < 4.78 is 35.2. The van der Waals surface area contributed by atoms with Gasteiger partial charge in [0.1, 0.15) is 6.61 Å². The highest BCUT2D eigenvalue weighted by molar-refractivity contribution is 7.92. The van der Waals surface area contributed by atoms with Crippen LogP contribution in [0.2, 0.25) is 0 Å². The predicted octanol–water partition coefficient (Wildman–Crippen LogP) is 5.09. The van der Waals surface area contributed by atoms with Crippen LogP contribution in [0.15, 0.2) is 53.4 Å². The second-order valence-electron chi connectivity index (χ2n) is 12.8. The Morgan fingerprint density at radius 3 is 2.40 bits per heavy atom. The van der Waals surface area contributed by atoms with Crippen molar-refractivity contribution in [3.63, 3.8) is 0 Å². The highest BCUT2D eigenvalue weighted by Gasteiger charge is 2.53. The molecular formula is C32H40N4O6S. The number of carboxylic acids is 1. The molecule has 2 aliphatic carbocycles. The summed E-state index contributed by atoms with van der Waals surface area (Å²) >= 11 is 0. The average molecular weight is 609 g/mol. The highest BCUT2D eigenvalue weighted by atomic mass is 32.2. The molecule has 1 atom stereocenters. The molecule has 1 unspecified atom stereocenters. The molecule has 2 aliphatic rings. The molecule has 0 radical (unpaired) electrons. The minimum Gasteiger partial charge on any atom is -0.478 e. The summed E-state index contributed by atoms with van der Waals surface area (Å²) in [5.41, 5.74) is 2.82. The summed E-state index contributed by atoms with van der Waals surface area (Å²) in [4.78, 5) is 20.1. The van der Waals surface area contributed by atoms with E-state index in [2.05, 4.69) is 20.0 Å². The SMILES string of the molecule is Cc1cccc(C)c1-c1cc(OCC(CCC(C)(C)O)NC2CC3(CC3)C2)nc(NS(=O)(=O)c2cccc(C(=O)O)c2)n1. The molecule has 1 spiro atoms. The van der Waals surface area contributed by atoms with Crippen LogP contribution in [0.3, 0.4) is 0 Å². The highest BCUT2D eigenvalue weighted by Crippen LogP contribution is 2.60. The maximum Gasteiger partial charge on any atom is 0.335 e. The number of rotatable bonds is 13. The Morgan fingerprint density at radius 1 is 1.09 bits per heavy atom. The summed E-state index contributed by atoms with van der Waals surface area (Å²) in [6.07, 6.45) is 6.20. The van der Waals surface area contributed by atoms with Crippen LogP contribution in [0, 0.1) is 19.3 Å². The van der Waals surface area contributed by atoms with Crippen molar-refractivity contribution in [1.82, 2.24) is 15.3 Å². The molecule has 0 saturated heterocycles. The molecule has 4 N–H and O–H groups in total. The molecule has 10 nitrogen and oxygen atoms in total. The zero-order valence-electron chi connectivity index (χ0n) is 25.1. The number of sulfonamides is 1. The second kappa shape index (κ2) is 11.9. The van der Waals surface area contributed by atoms with Crippen molar-refractivity contribution in [1.29, 1.82) is 0 Å². The normalized spacial score (nSPS) is 16.9. The second-order valence-corrected chi connectivity index (χ2v) is 14.4. The van der Waals surface area contributed by atoms with Crippen molar-refractivity contribution in [3.8, 4) is 17.1 Å².